The first-order valence-corrected chi connectivity index (χ1v) is 10.3. The number of hydrogen-bond donors (Lipinski definition) is 2. The summed E-state index contributed by atoms with van der Waals surface area (Å²) in [7, 11) is 4.51. The van der Waals surface area contributed by atoms with E-state index in [1.54, 1.807) is 42.9 Å². The summed E-state index contributed by atoms with van der Waals surface area (Å²) in [6, 6.07) is 16.0. The van der Waals surface area contributed by atoms with Crippen LogP contribution < -0.4 is 24.8 Å². The van der Waals surface area contributed by atoms with Gasteiger partial charge in [-0.15, -0.1) is 0 Å². The number of anilines is 3. The number of aromatic nitrogens is 3. The third-order valence-corrected chi connectivity index (χ3v) is 4.96. The number of amides is 1. The smallest absolute Gasteiger partial charge is 0.255 e. The van der Waals surface area contributed by atoms with Crippen molar-refractivity contribution < 1.29 is 19.0 Å². The van der Waals surface area contributed by atoms with E-state index in [1.807, 2.05) is 30.3 Å². The van der Waals surface area contributed by atoms with Crippen molar-refractivity contribution in [3.63, 3.8) is 0 Å². The van der Waals surface area contributed by atoms with Gasteiger partial charge in [0.15, 0.2) is 11.5 Å². The summed E-state index contributed by atoms with van der Waals surface area (Å²) in [6.07, 6.45) is 5.13. The van der Waals surface area contributed by atoms with E-state index in [1.165, 1.54) is 21.3 Å². The molecule has 2 N–H and O–H groups in total. The average molecular weight is 457 g/mol. The summed E-state index contributed by atoms with van der Waals surface area (Å²) in [5, 5.41) is 6.04. The van der Waals surface area contributed by atoms with Crippen LogP contribution in [0.1, 0.15) is 10.4 Å². The van der Waals surface area contributed by atoms with Crippen molar-refractivity contribution in [3.05, 3.63) is 78.8 Å². The molecule has 0 fully saturated rings. The number of carbonyl (C=O) groups excluding carboxylic acids is 1. The number of carbonyl (C=O) groups is 1. The van der Waals surface area contributed by atoms with Crippen LogP contribution in [0.15, 0.2) is 73.2 Å². The monoisotopic (exact) mass is 457 g/mol. The number of methoxy groups -OCH3 is 3. The number of nitrogens with one attached hydrogen (secondary N) is 2. The van der Waals surface area contributed by atoms with Crippen LogP contribution in [0.3, 0.4) is 0 Å². The Morgan fingerprint density at radius 3 is 2.06 bits per heavy atom. The Kier molecular flexibility index (Phi) is 6.83. The minimum absolute atomic E-state index is 0.312. The topological polar surface area (TPSA) is 107 Å². The summed E-state index contributed by atoms with van der Waals surface area (Å²) in [6.45, 7) is 0. The Hall–Kier alpha value is -4.66. The molecule has 34 heavy (non-hydrogen) atoms. The molecule has 0 aliphatic carbocycles. The van der Waals surface area contributed by atoms with Gasteiger partial charge in [0.05, 0.1) is 27.0 Å². The molecule has 0 bridgehead atoms. The molecule has 9 nitrogen and oxygen atoms in total. The van der Waals surface area contributed by atoms with E-state index in [0.717, 1.165) is 16.9 Å². The van der Waals surface area contributed by atoms with Gasteiger partial charge in [0.2, 0.25) is 11.7 Å². The van der Waals surface area contributed by atoms with Gasteiger partial charge in [-0.3, -0.25) is 9.78 Å². The summed E-state index contributed by atoms with van der Waals surface area (Å²) in [5.41, 5.74) is 3.51. The Labute approximate surface area is 196 Å². The predicted octanol–water partition coefficient (Wildman–Crippen LogP) is 4.56. The van der Waals surface area contributed by atoms with Crippen molar-refractivity contribution in [1.29, 1.82) is 0 Å². The Morgan fingerprint density at radius 2 is 1.44 bits per heavy atom. The first kappa shape index (κ1) is 22.5. The van der Waals surface area contributed by atoms with Crippen LogP contribution in [-0.2, 0) is 0 Å². The van der Waals surface area contributed by atoms with Crippen molar-refractivity contribution >= 4 is 23.2 Å². The minimum Gasteiger partial charge on any atom is -0.493 e. The third-order valence-electron chi connectivity index (χ3n) is 4.96. The van der Waals surface area contributed by atoms with E-state index in [0.29, 0.717) is 34.4 Å². The zero-order valence-electron chi connectivity index (χ0n) is 18.9. The first-order valence-electron chi connectivity index (χ1n) is 10.3. The van der Waals surface area contributed by atoms with Gasteiger partial charge in [0.25, 0.3) is 5.91 Å². The minimum atomic E-state index is -0.312. The van der Waals surface area contributed by atoms with Gasteiger partial charge < -0.3 is 24.8 Å². The van der Waals surface area contributed by atoms with Gasteiger partial charge in [0.1, 0.15) is 0 Å². The lowest BCUT2D eigenvalue weighted by Crippen LogP contribution is -2.12. The molecule has 2 heterocycles. The zero-order valence-corrected chi connectivity index (χ0v) is 18.9. The third kappa shape index (κ3) is 5.04. The fourth-order valence-electron chi connectivity index (χ4n) is 3.28. The molecule has 0 saturated heterocycles. The van der Waals surface area contributed by atoms with Crippen LogP contribution in [0.25, 0.3) is 11.3 Å². The quantitative estimate of drug-likeness (QED) is 0.397. The van der Waals surface area contributed by atoms with E-state index in [-0.39, 0.29) is 5.91 Å². The molecule has 2 aromatic heterocycles. The fraction of sp³-hybridized carbons (Fsp3) is 0.120. The number of ether oxygens (including phenoxy) is 3. The molecule has 0 aliphatic heterocycles. The average Bonchev–Trinajstić information content (AvgIpc) is 2.89. The maximum atomic E-state index is 12.8. The number of pyridine rings is 1. The molecule has 2 aromatic carbocycles. The van der Waals surface area contributed by atoms with E-state index in [2.05, 4.69) is 25.6 Å². The van der Waals surface area contributed by atoms with Crippen molar-refractivity contribution in [2.75, 3.05) is 32.0 Å². The highest BCUT2D eigenvalue weighted by molar-refractivity contribution is 6.05. The van der Waals surface area contributed by atoms with Gasteiger partial charge in [0, 0.05) is 41.1 Å². The van der Waals surface area contributed by atoms with Crippen molar-refractivity contribution in [2.45, 2.75) is 0 Å². The summed E-state index contributed by atoms with van der Waals surface area (Å²) in [4.78, 5) is 25.6. The molecule has 0 radical (unpaired) electrons. The van der Waals surface area contributed by atoms with Crippen LogP contribution in [0, 0.1) is 0 Å². The normalized spacial score (nSPS) is 10.3. The predicted molar refractivity (Wildman–Crippen MR) is 129 cm³/mol. The van der Waals surface area contributed by atoms with E-state index in [4.69, 9.17) is 14.2 Å². The molecule has 0 atom stereocenters. The lowest BCUT2D eigenvalue weighted by molar-refractivity contribution is 0.102. The van der Waals surface area contributed by atoms with Gasteiger partial charge >= 0.3 is 0 Å². The molecule has 0 unspecified atom stereocenters. The Bertz CT molecular complexity index is 1260. The number of hydrogen-bond acceptors (Lipinski definition) is 8. The molecule has 0 saturated carbocycles. The number of benzene rings is 2. The zero-order chi connectivity index (χ0) is 23.9. The highest BCUT2D eigenvalue weighted by Crippen LogP contribution is 2.38. The van der Waals surface area contributed by atoms with Crippen LogP contribution in [-0.4, -0.2) is 42.2 Å². The summed E-state index contributed by atoms with van der Waals surface area (Å²) in [5.74, 6) is 1.38. The molecule has 4 rings (SSSR count). The van der Waals surface area contributed by atoms with E-state index < -0.39 is 0 Å². The highest BCUT2D eigenvalue weighted by Gasteiger charge is 2.17. The maximum Gasteiger partial charge on any atom is 0.255 e. The summed E-state index contributed by atoms with van der Waals surface area (Å²) < 4.78 is 15.9. The molecule has 0 spiro atoms. The van der Waals surface area contributed by atoms with Gasteiger partial charge in [-0.1, -0.05) is 0 Å². The lowest BCUT2D eigenvalue weighted by Gasteiger charge is -2.14. The van der Waals surface area contributed by atoms with Crippen LogP contribution in [0.5, 0.6) is 17.2 Å². The second-order valence-corrected chi connectivity index (χ2v) is 7.07. The lowest BCUT2D eigenvalue weighted by atomic mass is 10.1. The van der Waals surface area contributed by atoms with E-state index >= 15 is 0 Å². The fourth-order valence-corrected chi connectivity index (χ4v) is 3.28. The SMILES string of the molecule is COc1cc(C(=O)Nc2ccc(Nc3nccc(-c4ccncc4)n3)cc2)cc(OC)c1OC. The molecule has 4 aromatic rings. The largest absolute Gasteiger partial charge is 0.493 e. The second-order valence-electron chi connectivity index (χ2n) is 7.07. The van der Waals surface area contributed by atoms with Crippen LogP contribution in [0.4, 0.5) is 17.3 Å². The number of rotatable bonds is 8. The molecule has 0 aliphatic rings. The van der Waals surface area contributed by atoms with E-state index in [9.17, 15) is 4.79 Å². The Balaban J connectivity index is 1.46. The molecule has 172 valence electrons. The van der Waals surface area contributed by atoms with Gasteiger partial charge in [-0.25, -0.2) is 9.97 Å². The van der Waals surface area contributed by atoms with Gasteiger partial charge in [-0.2, -0.15) is 0 Å². The standard InChI is InChI=1S/C25H23N5O4/c1-32-21-14-17(15-22(33-2)23(21)34-3)24(31)28-18-4-6-19(7-5-18)29-25-27-13-10-20(30-25)16-8-11-26-12-9-16/h4-15H,1-3H3,(H,28,31)(H,27,29,30). The Morgan fingerprint density at radius 1 is 0.794 bits per heavy atom. The molecular weight excluding hydrogens is 434 g/mol. The maximum absolute atomic E-state index is 12.8. The highest BCUT2D eigenvalue weighted by atomic mass is 16.5. The number of nitrogens with zero attached hydrogens (tertiary/aromatic N) is 3. The van der Waals surface area contributed by atoms with Crippen molar-refractivity contribution in [3.8, 4) is 28.5 Å². The van der Waals surface area contributed by atoms with Crippen LogP contribution in [0.2, 0.25) is 0 Å². The van der Waals surface area contributed by atoms with Crippen molar-refractivity contribution in [2.24, 2.45) is 0 Å². The van der Waals surface area contributed by atoms with Gasteiger partial charge in [-0.05, 0) is 54.6 Å². The van der Waals surface area contributed by atoms with Crippen LogP contribution >= 0.6 is 0 Å². The second kappa shape index (κ2) is 10.3. The summed E-state index contributed by atoms with van der Waals surface area (Å²) >= 11 is 0. The van der Waals surface area contributed by atoms with Crippen molar-refractivity contribution in [1.82, 2.24) is 15.0 Å². The molecule has 9 heteroatoms. The molecular formula is C25H23N5O4. The molecule has 1 amide bonds. The first-order chi connectivity index (χ1) is 16.6.